The maximum absolute atomic E-state index is 12.8. The molecule has 6 nitrogen and oxygen atoms in total. The van der Waals surface area contributed by atoms with Crippen LogP contribution < -0.4 is 10.6 Å². The van der Waals surface area contributed by atoms with Crippen molar-refractivity contribution in [2.45, 2.75) is 45.1 Å². The van der Waals surface area contributed by atoms with E-state index in [1.165, 1.54) is 0 Å². The molecule has 0 atom stereocenters. The van der Waals surface area contributed by atoms with Gasteiger partial charge in [0, 0.05) is 9.26 Å². The van der Waals surface area contributed by atoms with Gasteiger partial charge in [-0.25, -0.2) is 4.79 Å². The Morgan fingerprint density at radius 3 is 2.68 bits per heavy atom. The Kier molecular flexibility index (Phi) is 5.04. The van der Waals surface area contributed by atoms with Gasteiger partial charge in [-0.2, -0.15) is 0 Å². The number of hydrogen-bond donors (Lipinski definition) is 2. The topological polar surface area (TPSA) is 78.5 Å². The Bertz CT molecular complexity index is 726. The molecule has 1 aliphatic heterocycles. The summed E-state index contributed by atoms with van der Waals surface area (Å²) in [6.07, 6.45) is 3.11. The van der Waals surface area contributed by atoms with Gasteiger partial charge >= 0.3 is 6.03 Å². The van der Waals surface area contributed by atoms with Gasteiger partial charge in [0.1, 0.15) is 12.1 Å². The average molecular weight is 455 g/mol. The third-order valence-electron chi connectivity index (χ3n) is 5.14. The molecule has 2 fully saturated rings. The van der Waals surface area contributed by atoms with E-state index >= 15 is 0 Å². The summed E-state index contributed by atoms with van der Waals surface area (Å²) in [5, 5.41) is 5.62. The molecule has 1 spiro atoms. The molecule has 1 aromatic rings. The second-order valence-corrected chi connectivity index (χ2v) is 8.34. The fourth-order valence-corrected chi connectivity index (χ4v) is 4.16. The zero-order valence-electron chi connectivity index (χ0n) is 14.4. The van der Waals surface area contributed by atoms with Gasteiger partial charge in [-0.3, -0.25) is 14.5 Å². The number of amides is 4. The van der Waals surface area contributed by atoms with Crippen LogP contribution in [0, 0.1) is 16.4 Å². The Morgan fingerprint density at radius 2 is 2.04 bits per heavy atom. The SMILES string of the molecule is Cc1cc(I)ccc1NC(=O)CN1C(=O)NC2(CCC(C)CC2)C1=O. The molecule has 25 heavy (non-hydrogen) atoms. The summed E-state index contributed by atoms with van der Waals surface area (Å²) in [4.78, 5) is 38.4. The Morgan fingerprint density at radius 1 is 1.36 bits per heavy atom. The third-order valence-corrected chi connectivity index (χ3v) is 5.81. The molecule has 1 saturated heterocycles. The summed E-state index contributed by atoms with van der Waals surface area (Å²) >= 11 is 2.21. The molecule has 1 aliphatic carbocycles. The molecule has 2 N–H and O–H groups in total. The Labute approximate surface area is 160 Å². The number of hydrogen-bond acceptors (Lipinski definition) is 3. The average Bonchev–Trinajstić information content (AvgIpc) is 2.78. The second kappa shape index (κ2) is 6.93. The van der Waals surface area contributed by atoms with Crippen molar-refractivity contribution in [2.24, 2.45) is 5.92 Å². The molecule has 7 heteroatoms. The van der Waals surface area contributed by atoms with E-state index in [1.54, 1.807) is 0 Å². The Hall–Kier alpha value is -1.64. The van der Waals surface area contributed by atoms with Gasteiger partial charge in [0.2, 0.25) is 5.91 Å². The number of aryl methyl sites for hydroxylation is 1. The van der Waals surface area contributed by atoms with Crippen molar-refractivity contribution in [1.82, 2.24) is 10.2 Å². The molecule has 1 aromatic carbocycles. The zero-order valence-corrected chi connectivity index (χ0v) is 16.6. The van der Waals surface area contributed by atoms with Gasteiger partial charge in [0.25, 0.3) is 5.91 Å². The highest BCUT2D eigenvalue weighted by Crippen LogP contribution is 2.36. The van der Waals surface area contributed by atoms with Crippen molar-refractivity contribution in [3.63, 3.8) is 0 Å². The summed E-state index contributed by atoms with van der Waals surface area (Å²) in [5.41, 5.74) is 0.830. The van der Waals surface area contributed by atoms with Crippen molar-refractivity contribution in [3.8, 4) is 0 Å². The minimum absolute atomic E-state index is 0.257. The fraction of sp³-hybridized carbons (Fsp3) is 0.500. The van der Waals surface area contributed by atoms with Crippen molar-refractivity contribution in [2.75, 3.05) is 11.9 Å². The lowest BCUT2D eigenvalue weighted by molar-refractivity contribution is -0.135. The summed E-state index contributed by atoms with van der Waals surface area (Å²) < 4.78 is 1.08. The summed E-state index contributed by atoms with van der Waals surface area (Å²) in [6.45, 7) is 3.81. The van der Waals surface area contributed by atoms with Crippen LogP contribution in [0.15, 0.2) is 18.2 Å². The monoisotopic (exact) mass is 455 g/mol. The molecule has 3 rings (SSSR count). The number of anilines is 1. The molecule has 4 amide bonds. The number of carbonyl (C=O) groups excluding carboxylic acids is 3. The molecule has 0 unspecified atom stereocenters. The van der Waals surface area contributed by atoms with E-state index in [2.05, 4.69) is 40.1 Å². The lowest BCUT2D eigenvalue weighted by Crippen LogP contribution is -2.49. The number of halogens is 1. The first-order valence-corrected chi connectivity index (χ1v) is 9.59. The van der Waals surface area contributed by atoms with Gasteiger partial charge in [0.05, 0.1) is 0 Å². The molecule has 0 bridgehead atoms. The van der Waals surface area contributed by atoms with Gasteiger partial charge in [-0.05, 0) is 84.9 Å². The fourth-order valence-electron chi connectivity index (χ4n) is 3.51. The standard InChI is InChI=1S/C18H22IN3O3/c1-11-5-7-18(8-6-11)16(24)22(17(25)21-18)10-15(23)20-14-4-3-13(19)9-12(14)2/h3-4,9,11H,5-8,10H2,1-2H3,(H,20,23)(H,21,25). The van der Waals surface area contributed by atoms with Crippen LogP contribution in [-0.2, 0) is 9.59 Å². The molecule has 1 heterocycles. The summed E-state index contributed by atoms with van der Waals surface area (Å²) in [6, 6.07) is 5.22. The number of benzene rings is 1. The number of imide groups is 1. The van der Waals surface area contributed by atoms with Gasteiger partial charge in [-0.1, -0.05) is 6.92 Å². The van der Waals surface area contributed by atoms with Crippen LogP contribution in [0.25, 0.3) is 0 Å². The minimum atomic E-state index is -0.803. The zero-order chi connectivity index (χ0) is 18.2. The minimum Gasteiger partial charge on any atom is -0.324 e. The van der Waals surface area contributed by atoms with E-state index in [-0.39, 0.29) is 18.4 Å². The molecular weight excluding hydrogens is 433 g/mol. The van der Waals surface area contributed by atoms with Crippen molar-refractivity contribution in [1.29, 1.82) is 0 Å². The quantitative estimate of drug-likeness (QED) is 0.544. The first-order valence-electron chi connectivity index (χ1n) is 8.51. The van der Waals surface area contributed by atoms with Crippen LogP contribution in [0.3, 0.4) is 0 Å². The van der Waals surface area contributed by atoms with Crippen molar-refractivity contribution < 1.29 is 14.4 Å². The van der Waals surface area contributed by atoms with Gasteiger partial charge < -0.3 is 10.6 Å². The van der Waals surface area contributed by atoms with Crippen LogP contribution in [0.4, 0.5) is 10.5 Å². The molecular formula is C18H22IN3O3. The normalized spacial score (nSPS) is 26.0. The van der Waals surface area contributed by atoms with Crippen molar-refractivity contribution in [3.05, 3.63) is 27.3 Å². The number of nitrogens with zero attached hydrogens (tertiary/aromatic N) is 1. The summed E-state index contributed by atoms with van der Waals surface area (Å²) in [5.74, 6) is -0.0653. The van der Waals surface area contributed by atoms with E-state index in [4.69, 9.17) is 0 Å². The van der Waals surface area contributed by atoms with E-state index in [9.17, 15) is 14.4 Å². The van der Waals surface area contributed by atoms with E-state index in [0.29, 0.717) is 24.4 Å². The van der Waals surface area contributed by atoms with Crippen LogP contribution in [-0.4, -0.2) is 34.8 Å². The largest absolute Gasteiger partial charge is 0.325 e. The lowest BCUT2D eigenvalue weighted by atomic mass is 9.77. The smallest absolute Gasteiger partial charge is 0.324 e. The second-order valence-electron chi connectivity index (χ2n) is 7.09. The molecule has 2 aliphatic rings. The lowest BCUT2D eigenvalue weighted by Gasteiger charge is -2.33. The number of urea groups is 1. The van der Waals surface area contributed by atoms with Crippen LogP contribution in [0.1, 0.15) is 38.2 Å². The van der Waals surface area contributed by atoms with E-state index in [1.807, 2.05) is 25.1 Å². The molecule has 0 aromatic heterocycles. The molecule has 134 valence electrons. The van der Waals surface area contributed by atoms with Crippen LogP contribution >= 0.6 is 22.6 Å². The van der Waals surface area contributed by atoms with E-state index in [0.717, 1.165) is 26.9 Å². The summed E-state index contributed by atoms with van der Waals surface area (Å²) in [7, 11) is 0. The maximum atomic E-state index is 12.8. The van der Waals surface area contributed by atoms with Crippen LogP contribution in [0.2, 0.25) is 0 Å². The number of nitrogens with one attached hydrogen (secondary N) is 2. The maximum Gasteiger partial charge on any atom is 0.325 e. The predicted octanol–water partition coefficient (Wildman–Crippen LogP) is 3.04. The molecule has 0 radical (unpaired) electrons. The highest BCUT2D eigenvalue weighted by Gasteiger charge is 2.52. The Balaban J connectivity index is 1.67. The van der Waals surface area contributed by atoms with Crippen LogP contribution in [0.5, 0.6) is 0 Å². The van der Waals surface area contributed by atoms with Crippen molar-refractivity contribution >= 4 is 46.1 Å². The number of rotatable bonds is 3. The third kappa shape index (κ3) is 3.65. The van der Waals surface area contributed by atoms with E-state index < -0.39 is 11.6 Å². The first-order chi connectivity index (χ1) is 11.8. The first kappa shape index (κ1) is 18.2. The predicted molar refractivity (Wildman–Crippen MR) is 103 cm³/mol. The highest BCUT2D eigenvalue weighted by molar-refractivity contribution is 14.1. The van der Waals surface area contributed by atoms with Gasteiger partial charge in [-0.15, -0.1) is 0 Å². The van der Waals surface area contributed by atoms with Gasteiger partial charge in [0.15, 0.2) is 0 Å². The molecule has 1 saturated carbocycles. The number of carbonyl (C=O) groups is 3. The highest BCUT2D eigenvalue weighted by atomic mass is 127.